The van der Waals surface area contributed by atoms with Crippen LogP contribution in [-0.4, -0.2) is 30.5 Å². The maximum atomic E-state index is 12.4. The van der Waals surface area contributed by atoms with Crippen molar-refractivity contribution in [3.63, 3.8) is 0 Å². The third-order valence-electron chi connectivity index (χ3n) is 4.10. The highest BCUT2D eigenvalue weighted by atomic mass is 35.5. The predicted octanol–water partition coefficient (Wildman–Crippen LogP) is 4.49. The van der Waals surface area contributed by atoms with Gasteiger partial charge in [0.15, 0.2) is 15.6 Å². The molecule has 0 aliphatic carbocycles. The zero-order valence-electron chi connectivity index (χ0n) is 15.9. The highest BCUT2D eigenvalue weighted by Gasteiger charge is 2.17. The van der Waals surface area contributed by atoms with Crippen LogP contribution >= 0.6 is 11.6 Å². The second kappa shape index (κ2) is 8.67. The van der Waals surface area contributed by atoms with Crippen molar-refractivity contribution < 1.29 is 17.9 Å². The largest absolute Gasteiger partial charge is 0.417 e. The second-order valence-electron chi connectivity index (χ2n) is 6.41. The minimum atomic E-state index is -3.38. The molecule has 1 N–H and O–H groups in total. The van der Waals surface area contributed by atoms with Crippen molar-refractivity contribution in [1.82, 2.24) is 9.78 Å². The van der Waals surface area contributed by atoms with Crippen molar-refractivity contribution in [3.05, 3.63) is 65.4 Å². The minimum absolute atomic E-state index is 0.109. The number of rotatable bonds is 6. The molecule has 0 spiro atoms. The molecule has 29 heavy (non-hydrogen) atoms. The van der Waals surface area contributed by atoms with Gasteiger partial charge in [-0.3, -0.25) is 5.32 Å². The van der Waals surface area contributed by atoms with E-state index in [-0.39, 0.29) is 4.90 Å². The molecule has 2 aromatic carbocycles. The summed E-state index contributed by atoms with van der Waals surface area (Å²) in [4.78, 5) is 12.5. The Morgan fingerprint density at radius 2 is 1.93 bits per heavy atom. The van der Waals surface area contributed by atoms with Gasteiger partial charge in [-0.15, -0.1) is 0 Å². The average Bonchev–Trinajstić information content (AvgIpc) is 3.04. The molecule has 0 radical (unpaired) electrons. The first kappa shape index (κ1) is 20.9. The molecular weight excluding hydrogens is 414 g/mol. The van der Waals surface area contributed by atoms with E-state index in [4.69, 9.17) is 16.3 Å². The van der Waals surface area contributed by atoms with Crippen LogP contribution in [0.1, 0.15) is 19.0 Å². The molecule has 1 aromatic heterocycles. The summed E-state index contributed by atoms with van der Waals surface area (Å²) in [6.07, 6.45) is 3.32. The van der Waals surface area contributed by atoms with Gasteiger partial charge in [-0.1, -0.05) is 31.0 Å². The van der Waals surface area contributed by atoms with E-state index in [1.807, 2.05) is 19.1 Å². The van der Waals surface area contributed by atoms with Crippen molar-refractivity contribution >= 4 is 33.2 Å². The number of nitrogens with one attached hydrogen (secondary N) is 1. The van der Waals surface area contributed by atoms with E-state index in [0.717, 1.165) is 24.1 Å². The molecular formula is C20H20ClN3O4S. The highest BCUT2D eigenvalue weighted by molar-refractivity contribution is 7.90. The standard InChI is InChI=1S/C20H20ClN3O4S/c1-3-5-18-19(13-22-24(18)16-10-8-14(21)9-11-16)28-20(25)23-15-6-4-7-17(12-15)29(2,26)27/h4,6-13H,3,5H2,1-2H3,(H,23,25). The molecule has 0 unspecified atom stereocenters. The summed E-state index contributed by atoms with van der Waals surface area (Å²) in [6, 6.07) is 13.1. The topological polar surface area (TPSA) is 90.3 Å². The summed E-state index contributed by atoms with van der Waals surface area (Å²) in [6.45, 7) is 2.01. The van der Waals surface area contributed by atoms with E-state index >= 15 is 0 Å². The van der Waals surface area contributed by atoms with Gasteiger partial charge in [0.05, 0.1) is 22.5 Å². The van der Waals surface area contributed by atoms with Crippen molar-refractivity contribution in [2.75, 3.05) is 11.6 Å². The van der Waals surface area contributed by atoms with Gasteiger partial charge in [-0.05, 0) is 48.9 Å². The van der Waals surface area contributed by atoms with Gasteiger partial charge in [-0.2, -0.15) is 5.10 Å². The number of amides is 1. The molecule has 0 saturated heterocycles. The molecule has 0 saturated carbocycles. The highest BCUT2D eigenvalue weighted by Crippen LogP contribution is 2.25. The van der Waals surface area contributed by atoms with Crippen LogP contribution in [0.3, 0.4) is 0 Å². The van der Waals surface area contributed by atoms with Crippen LogP contribution in [0, 0.1) is 0 Å². The van der Waals surface area contributed by atoms with Gasteiger partial charge < -0.3 is 4.74 Å². The Kier molecular flexibility index (Phi) is 6.24. The molecule has 0 bridgehead atoms. The van der Waals surface area contributed by atoms with Gasteiger partial charge in [-0.25, -0.2) is 17.9 Å². The number of hydrogen-bond donors (Lipinski definition) is 1. The SMILES string of the molecule is CCCc1c(OC(=O)Nc2cccc(S(C)(=O)=O)c2)cnn1-c1ccc(Cl)cc1. The summed E-state index contributed by atoms with van der Waals surface area (Å²) < 4.78 is 30.5. The molecule has 0 aliphatic rings. The van der Waals surface area contributed by atoms with Gasteiger partial charge in [0.25, 0.3) is 0 Å². The van der Waals surface area contributed by atoms with Crippen molar-refractivity contribution in [2.24, 2.45) is 0 Å². The fourth-order valence-electron chi connectivity index (χ4n) is 2.76. The quantitative estimate of drug-likeness (QED) is 0.618. The fourth-order valence-corrected chi connectivity index (χ4v) is 3.56. The normalized spacial score (nSPS) is 11.3. The van der Waals surface area contributed by atoms with Gasteiger partial charge in [0.1, 0.15) is 0 Å². The van der Waals surface area contributed by atoms with Gasteiger partial charge in [0.2, 0.25) is 0 Å². The molecule has 7 nitrogen and oxygen atoms in total. The smallest absolute Gasteiger partial charge is 0.406 e. The summed E-state index contributed by atoms with van der Waals surface area (Å²) in [5, 5.41) is 7.49. The van der Waals surface area contributed by atoms with Crippen LogP contribution < -0.4 is 10.1 Å². The number of anilines is 1. The molecule has 0 atom stereocenters. The number of sulfone groups is 1. The van der Waals surface area contributed by atoms with E-state index < -0.39 is 15.9 Å². The molecule has 3 rings (SSSR count). The van der Waals surface area contributed by atoms with E-state index in [1.165, 1.54) is 18.3 Å². The zero-order valence-corrected chi connectivity index (χ0v) is 17.5. The number of carbonyl (C=O) groups is 1. The van der Waals surface area contributed by atoms with Crippen LogP contribution in [0.2, 0.25) is 5.02 Å². The molecule has 3 aromatic rings. The number of aromatic nitrogens is 2. The van der Waals surface area contributed by atoms with Crippen LogP contribution in [-0.2, 0) is 16.3 Å². The Balaban J connectivity index is 1.81. The van der Waals surface area contributed by atoms with Gasteiger partial charge in [0, 0.05) is 17.0 Å². The zero-order chi connectivity index (χ0) is 21.0. The minimum Gasteiger partial charge on any atom is -0.406 e. The maximum absolute atomic E-state index is 12.4. The van der Waals surface area contributed by atoms with Crippen molar-refractivity contribution in [3.8, 4) is 11.4 Å². The third kappa shape index (κ3) is 5.16. The molecule has 0 fully saturated rings. The van der Waals surface area contributed by atoms with Crippen molar-refractivity contribution in [1.29, 1.82) is 0 Å². The van der Waals surface area contributed by atoms with E-state index in [1.54, 1.807) is 28.9 Å². The van der Waals surface area contributed by atoms with E-state index in [9.17, 15) is 13.2 Å². The number of ether oxygens (including phenoxy) is 1. The lowest BCUT2D eigenvalue weighted by Crippen LogP contribution is -2.17. The Morgan fingerprint density at radius 3 is 2.59 bits per heavy atom. The number of carbonyl (C=O) groups excluding carboxylic acids is 1. The van der Waals surface area contributed by atoms with Crippen LogP contribution in [0.4, 0.5) is 10.5 Å². The van der Waals surface area contributed by atoms with Crippen LogP contribution in [0.5, 0.6) is 5.75 Å². The third-order valence-corrected chi connectivity index (χ3v) is 5.46. The van der Waals surface area contributed by atoms with Crippen LogP contribution in [0.25, 0.3) is 5.69 Å². The first-order valence-corrected chi connectivity index (χ1v) is 11.2. The number of hydrogen-bond acceptors (Lipinski definition) is 5. The lowest BCUT2D eigenvalue weighted by Gasteiger charge is -2.10. The van der Waals surface area contributed by atoms with Gasteiger partial charge >= 0.3 is 6.09 Å². The van der Waals surface area contributed by atoms with Crippen molar-refractivity contribution in [2.45, 2.75) is 24.7 Å². The average molecular weight is 434 g/mol. The molecule has 0 aliphatic heterocycles. The molecule has 9 heteroatoms. The van der Waals surface area contributed by atoms with Crippen LogP contribution in [0.15, 0.2) is 59.6 Å². The Bertz CT molecular complexity index is 1120. The maximum Gasteiger partial charge on any atom is 0.417 e. The predicted molar refractivity (Wildman–Crippen MR) is 112 cm³/mol. The Labute approximate surface area is 174 Å². The number of halogens is 1. The summed E-state index contributed by atoms with van der Waals surface area (Å²) in [5.41, 5.74) is 1.86. The second-order valence-corrected chi connectivity index (χ2v) is 8.86. The summed E-state index contributed by atoms with van der Waals surface area (Å²) in [5.74, 6) is 0.332. The van der Waals surface area contributed by atoms with E-state index in [0.29, 0.717) is 22.9 Å². The summed E-state index contributed by atoms with van der Waals surface area (Å²) >= 11 is 5.95. The lowest BCUT2D eigenvalue weighted by atomic mass is 10.2. The Morgan fingerprint density at radius 1 is 1.21 bits per heavy atom. The Hall–Kier alpha value is -2.84. The fraction of sp³-hybridized carbons (Fsp3) is 0.200. The number of benzene rings is 2. The monoisotopic (exact) mass is 433 g/mol. The lowest BCUT2D eigenvalue weighted by molar-refractivity contribution is 0.214. The van der Waals surface area contributed by atoms with E-state index in [2.05, 4.69) is 10.4 Å². The molecule has 1 amide bonds. The first-order chi connectivity index (χ1) is 13.8. The summed E-state index contributed by atoms with van der Waals surface area (Å²) in [7, 11) is -3.38. The number of nitrogens with zero attached hydrogens (tertiary/aromatic N) is 2. The molecule has 152 valence electrons. The first-order valence-electron chi connectivity index (χ1n) is 8.89. The molecule has 1 heterocycles.